The number of pyridine rings is 2. The normalized spacial score (nSPS) is 11.0. The number of nitrogens with zero attached hydrogens (tertiary/aromatic N) is 5. The van der Waals surface area contributed by atoms with Crippen LogP contribution in [0.15, 0.2) is 61.0 Å². The Morgan fingerprint density at radius 3 is 1.80 bits per heavy atom. The van der Waals surface area contributed by atoms with Gasteiger partial charge in [-0.15, -0.1) is 0 Å². The van der Waals surface area contributed by atoms with Gasteiger partial charge in [-0.2, -0.15) is 0 Å². The van der Waals surface area contributed by atoms with Crippen molar-refractivity contribution in [2.45, 2.75) is 26.4 Å². The maximum absolute atomic E-state index is 12.4. The first-order valence-electron chi connectivity index (χ1n) is 14.1. The van der Waals surface area contributed by atoms with Crippen molar-refractivity contribution in [2.75, 3.05) is 67.6 Å². The molecule has 0 fully saturated rings. The molecule has 0 unspecified atom stereocenters. The maximum Gasteiger partial charge on any atom is 0.410 e. The number of rotatable bonds is 14. The van der Waals surface area contributed by atoms with Crippen molar-refractivity contribution in [3.63, 3.8) is 0 Å². The third-order valence-electron chi connectivity index (χ3n) is 5.22. The van der Waals surface area contributed by atoms with Crippen LogP contribution in [0.3, 0.4) is 0 Å². The van der Waals surface area contributed by atoms with E-state index in [-0.39, 0.29) is 25.0 Å². The highest BCUT2D eigenvalue weighted by atomic mass is 127. The highest BCUT2D eigenvalue weighted by Crippen LogP contribution is 2.13. The lowest BCUT2D eigenvalue weighted by Gasteiger charge is -2.26. The zero-order valence-corrected chi connectivity index (χ0v) is 31.3. The van der Waals surface area contributed by atoms with E-state index in [1.54, 1.807) is 58.8 Å². The number of carbonyl (C=O) groups is 3. The van der Waals surface area contributed by atoms with Crippen LogP contribution in [0.25, 0.3) is 0 Å². The van der Waals surface area contributed by atoms with Crippen molar-refractivity contribution in [3.8, 4) is 11.5 Å². The fraction of sp³-hybridized carbons (Fsp3) is 0.452. The third-order valence-corrected chi connectivity index (χ3v) is 6.50. The summed E-state index contributed by atoms with van der Waals surface area (Å²) in [5.74, 6) is 1.24. The minimum absolute atomic E-state index is 0.0111. The Morgan fingerprint density at radius 2 is 1.33 bits per heavy atom. The molecule has 0 aromatic carbocycles. The van der Waals surface area contributed by atoms with E-state index in [2.05, 4.69) is 60.5 Å². The number of hydrogen-bond acceptors (Lipinski definition) is 9. The molecule has 0 saturated carbocycles. The van der Waals surface area contributed by atoms with Crippen LogP contribution < -0.4 is 14.8 Å². The Hall–Kier alpha value is -2.99. The molecular weight excluding hydrogens is 806 g/mol. The van der Waals surface area contributed by atoms with E-state index in [1.807, 2.05) is 45.0 Å². The molecule has 0 radical (unpaired) electrons. The number of hydrogen-bond donors (Lipinski definition) is 1. The van der Waals surface area contributed by atoms with Gasteiger partial charge in [0.05, 0.1) is 18.9 Å². The molecule has 0 spiro atoms. The molecule has 0 atom stereocenters. The molecule has 12 nitrogen and oxygen atoms in total. The van der Waals surface area contributed by atoms with Crippen molar-refractivity contribution in [3.05, 3.63) is 68.4 Å². The maximum atomic E-state index is 12.4. The van der Waals surface area contributed by atoms with E-state index in [0.717, 1.165) is 13.2 Å². The molecule has 2 aromatic rings. The van der Waals surface area contributed by atoms with E-state index in [4.69, 9.17) is 14.2 Å². The van der Waals surface area contributed by atoms with Crippen molar-refractivity contribution >= 4 is 63.1 Å². The number of ether oxygens (including phenoxy) is 3. The second-order valence-electron chi connectivity index (χ2n) is 10.7. The number of nitrogens with one attached hydrogen (secondary N) is 1. The molecule has 0 saturated heterocycles. The van der Waals surface area contributed by atoms with E-state index >= 15 is 0 Å². The first kappa shape index (κ1) is 40.0. The number of carbonyl (C=O) groups excluding carboxylic acids is 3. The van der Waals surface area contributed by atoms with Gasteiger partial charge in [0.2, 0.25) is 11.8 Å². The van der Waals surface area contributed by atoms with Crippen LogP contribution in [-0.2, 0) is 14.3 Å². The van der Waals surface area contributed by atoms with Gasteiger partial charge in [-0.3, -0.25) is 9.59 Å². The second kappa shape index (κ2) is 21.7. The lowest BCUT2D eigenvalue weighted by Crippen LogP contribution is -2.39. The van der Waals surface area contributed by atoms with Crippen molar-refractivity contribution < 1.29 is 28.6 Å². The lowest BCUT2D eigenvalue weighted by atomic mass is 10.2. The van der Waals surface area contributed by atoms with Crippen LogP contribution in [0.5, 0.6) is 11.5 Å². The molecule has 2 aromatic heterocycles. The molecule has 0 aliphatic rings. The number of aromatic nitrogens is 2. The van der Waals surface area contributed by atoms with E-state index in [1.165, 1.54) is 20.8 Å². The smallest absolute Gasteiger partial charge is 0.410 e. The predicted molar refractivity (Wildman–Crippen MR) is 191 cm³/mol. The molecule has 0 aliphatic heterocycles. The average Bonchev–Trinajstić information content (AvgIpc) is 2.96. The summed E-state index contributed by atoms with van der Waals surface area (Å²) in [7, 11) is 6.79. The largest absolute Gasteiger partial charge is 0.491 e. The van der Waals surface area contributed by atoms with Crippen molar-refractivity contribution in [1.82, 2.24) is 30.0 Å². The highest BCUT2D eigenvalue weighted by Gasteiger charge is 2.21. The molecule has 0 aliphatic carbocycles. The second-order valence-corrected chi connectivity index (χ2v) is 12.9. The summed E-state index contributed by atoms with van der Waals surface area (Å²) in [5, 5.41) is 3.16. The van der Waals surface area contributed by atoms with Gasteiger partial charge in [0, 0.05) is 60.0 Å². The molecule has 2 rings (SSSR count). The van der Waals surface area contributed by atoms with Gasteiger partial charge < -0.3 is 34.2 Å². The molecule has 45 heavy (non-hydrogen) atoms. The van der Waals surface area contributed by atoms with Gasteiger partial charge in [-0.25, -0.2) is 14.8 Å². The van der Waals surface area contributed by atoms with Crippen LogP contribution in [0.1, 0.15) is 20.8 Å². The van der Waals surface area contributed by atoms with Gasteiger partial charge in [-0.1, -0.05) is 12.2 Å². The van der Waals surface area contributed by atoms with Gasteiger partial charge in [-0.05, 0) is 90.2 Å². The molecule has 2 heterocycles. The standard InChI is InChI=1S/C18H26IN3O4.C13H18IN3O2/c1-18(2,3)26-17(24)22(10-6-7-16(23)21(4)5)11-12-25-14-8-9-15(19)20-13-14;1-17(2)13(18)4-3-7-15-8-9-19-11-5-6-12(14)16-10-11/h6-9,13H,10-12H2,1-5H3;3-6,10,15H,7-9H2,1-2H3/b7-6+;4-3+. The topological polar surface area (TPSA) is 126 Å². The summed E-state index contributed by atoms with van der Waals surface area (Å²) in [6, 6.07) is 7.46. The molecule has 14 heteroatoms. The zero-order valence-electron chi connectivity index (χ0n) is 27.0. The summed E-state index contributed by atoms with van der Waals surface area (Å²) < 4.78 is 18.4. The van der Waals surface area contributed by atoms with Crippen LogP contribution >= 0.6 is 45.2 Å². The Kier molecular flexibility index (Phi) is 19.3. The Labute approximate surface area is 293 Å². The molecule has 248 valence electrons. The molecule has 1 N–H and O–H groups in total. The number of amides is 3. The van der Waals surface area contributed by atoms with Gasteiger partial charge in [0.1, 0.15) is 37.7 Å². The summed E-state index contributed by atoms with van der Waals surface area (Å²) in [6.45, 7) is 8.21. The van der Waals surface area contributed by atoms with Gasteiger partial charge in [0.15, 0.2) is 0 Å². The first-order valence-corrected chi connectivity index (χ1v) is 16.3. The summed E-state index contributed by atoms with van der Waals surface area (Å²) in [4.78, 5) is 48.0. The third kappa shape index (κ3) is 19.9. The Bertz CT molecular complexity index is 1230. The van der Waals surface area contributed by atoms with E-state index in [9.17, 15) is 14.4 Å². The Balaban J connectivity index is 0.000000472. The monoisotopic (exact) mass is 850 g/mol. The van der Waals surface area contributed by atoms with Crippen LogP contribution in [0.4, 0.5) is 4.79 Å². The van der Waals surface area contributed by atoms with E-state index in [0.29, 0.717) is 32.0 Å². The molecule has 3 amide bonds. The number of halogens is 2. The summed E-state index contributed by atoms with van der Waals surface area (Å²) >= 11 is 4.26. The minimum Gasteiger partial charge on any atom is -0.491 e. The minimum atomic E-state index is -0.598. The molecule has 0 bridgehead atoms. The molecular formula is C31H44I2N6O6. The number of likely N-dealkylation sites (N-methyl/N-ethyl adjacent to an activating group) is 2. The van der Waals surface area contributed by atoms with Crippen LogP contribution in [0, 0.1) is 7.40 Å². The van der Waals surface area contributed by atoms with Crippen LogP contribution in [-0.4, -0.2) is 116 Å². The lowest BCUT2D eigenvalue weighted by molar-refractivity contribution is -0.124. The van der Waals surface area contributed by atoms with Crippen molar-refractivity contribution in [2.24, 2.45) is 0 Å². The quantitative estimate of drug-likeness (QED) is 0.129. The van der Waals surface area contributed by atoms with Crippen LogP contribution in [0.2, 0.25) is 0 Å². The Morgan fingerprint density at radius 1 is 0.822 bits per heavy atom. The SMILES string of the molecule is CN(C)C(=O)/C=C/CN(CCOc1ccc(I)nc1)C(=O)OC(C)(C)C.CN(C)C(=O)/C=C/CNCCOc1ccc(I)nc1. The first-order chi connectivity index (χ1) is 21.2. The highest BCUT2D eigenvalue weighted by molar-refractivity contribution is 14.1. The predicted octanol–water partition coefficient (Wildman–Crippen LogP) is 4.25. The van der Waals surface area contributed by atoms with E-state index < -0.39 is 11.7 Å². The van der Waals surface area contributed by atoms with Gasteiger partial charge >= 0.3 is 6.09 Å². The van der Waals surface area contributed by atoms with Gasteiger partial charge in [0.25, 0.3) is 0 Å². The fourth-order valence-corrected chi connectivity index (χ4v) is 3.56. The van der Waals surface area contributed by atoms with Crippen molar-refractivity contribution in [1.29, 1.82) is 0 Å². The fourth-order valence-electron chi connectivity index (χ4n) is 2.92. The summed E-state index contributed by atoms with van der Waals surface area (Å²) in [6.07, 6.45) is 9.31. The zero-order chi connectivity index (χ0) is 33.8. The summed E-state index contributed by atoms with van der Waals surface area (Å²) in [5.41, 5.74) is -0.598. The average molecular weight is 851 g/mol.